The Labute approximate surface area is 160 Å². The zero-order valence-electron chi connectivity index (χ0n) is 15.1. The summed E-state index contributed by atoms with van der Waals surface area (Å²) in [6, 6.07) is 7.55. The highest BCUT2D eigenvalue weighted by molar-refractivity contribution is 8.14. The summed E-state index contributed by atoms with van der Waals surface area (Å²) in [7, 11) is 0. The minimum atomic E-state index is -0.274. The van der Waals surface area contributed by atoms with Crippen molar-refractivity contribution in [2.75, 3.05) is 18.8 Å². The second kappa shape index (κ2) is 8.43. The Morgan fingerprint density at radius 2 is 1.74 bits per heavy atom. The number of nitrogens with one attached hydrogen (secondary N) is 1. The first-order valence-corrected chi connectivity index (χ1v) is 9.93. The zero-order chi connectivity index (χ0) is 19.4. The van der Waals surface area contributed by atoms with E-state index in [0.717, 1.165) is 34.1 Å². The van der Waals surface area contributed by atoms with Gasteiger partial charge in [-0.15, -0.1) is 0 Å². The summed E-state index contributed by atoms with van der Waals surface area (Å²) in [6.45, 7) is 3.31. The van der Waals surface area contributed by atoms with Gasteiger partial charge in [-0.3, -0.25) is 28.4 Å². The van der Waals surface area contributed by atoms with Crippen molar-refractivity contribution in [2.45, 2.75) is 32.9 Å². The molecule has 0 unspecified atom stereocenters. The van der Waals surface area contributed by atoms with Crippen LogP contribution in [0.3, 0.4) is 0 Å². The molecule has 2 heterocycles. The van der Waals surface area contributed by atoms with Gasteiger partial charge in [-0.25, -0.2) is 4.79 Å². The Kier molecular flexibility index (Phi) is 6.00. The molecule has 2 aromatic rings. The number of aryl methyl sites for hydroxylation is 2. The maximum Gasteiger partial charge on any atom is 0.329 e. The number of imide groups is 1. The highest BCUT2D eigenvalue weighted by Gasteiger charge is 2.29. The largest absolute Gasteiger partial charge is 0.354 e. The average Bonchev–Trinajstić information content (AvgIpc) is 3.12. The van der Waals surface area contributed by atoms with Crippen molar-refractivity contribution in [3.05, 3.63) is 34.7 Å². The molecule has 1 N–H and O–H groups in total. The molecule has 1 saturated heterocycles. The highest BCUT2D eigenvalue weighted by Crippen LogP contribution is 2.17. The summed E-state index contributed by atoms with van der Waals surface area (Å²) < 4.78 is 3.35. The quantitative estimate of drug-likeness (QED) is 0.736. The molecule has 0 atom stereocenters. The monoisotopic (exact) mass is 390 g/mol. The van der Waals surface area contributed by atoms with Crippen molar-refractivity contribution in [3.8, 4) is 0 Å². The number of benzene rings is 1. The Bertz CT molecular complexity index is 917. The Balaban J connectivity index is 1.59. The molecule has 0 spiro atoms. The number of para-hydroxylation sites is 2. The van der Waals surface area contributed by atoms with Crippen LogP contribution in [0.5, 0.6) is 0 Å². The number of rotatable bonds is 8. The third kappa shape index (κ3) is 4.08. The molecule has 0 saturated carbocycles. The van der Waals surface area contributed by atoms with Crippen LogP contribution in [-0.2, 0) is 22.7 Å². The predicted molar refractivity (Wildman–Crippen MR) is 104 cm³/mol. The van der Waals surface area contributed by atoms with E-state index in [0.29, 0.717) is 6.54 Å². The lowest BCUT2D eigenvalue weighted by Gasteiger charge is -2.13. The van der Waals surface area contributed by atoms with Crippen molar-refractivity contribution in [1.29, 1.82) is 0 Å². The SMILES string of the molecule is CCCn1c(=O)n(CCC(=O)NCCN2C(=O)CSC2=O)c2ccccc21. The third-order valence-electron chi connectivity index (χ3n) is 4.43. The Morgan fingerprint density at radius 1 is 1.07 bits per heavy atom. The molecule has 3 rings (SSSR count). The molecule has 1 aliphatic heterocycles. The van der Waals surface area contributed by atoms with Gasteiger partial charge in [-0.2, -0.15) is 0 Å². The number of hydrogen-bond donors (Lipinski definition) is 1. The average molecular weight is 390 g/mol. The van der Waals surface area contributed by atoms with Crippen LogP contribution in [0.1, 0.15) is 19.8 Å². The number of hydrogen-bond acceptors (Lipinski definition) is 5. The van der Waals surface area contributed by atoms with E-state index in [1.165, 1.54) is 0 Å². The van der Waals surface area contributed by atoms with Crippen molar-refractivity contribution >= 4 is 39.8 Å². The molecule has 27 heavy (non-hydrogen) atoms. The van der Waals surface area contributed by atoms with E-state index in [2.05, 4.69) is 5.32 Å². The van der Waals surface area contributed by atoms with Crippen LogP contribution in [0, 0.1) is 0 Å². The molecular weight excluding hydrogens is 368 g/mol. The van der Waals surface area contributed by atoms with Crippen LogP contribution in [0.25, 0.3) is 11.0 Å². The van der Waals surface area contributed by atoms with Gasteiger partial charge in [-0.05, 0) is 18.6 Å². The van der Waals surface area contributed by atoms with Crippen molar-refractivity contribution in [2.24, 2.45) is 0 Å². The lowest BCUT2D eigenvalue weighted by Crippen LogP contribution is -2.37. The molecule has 0 radical (unpaired) electrons. The van der Waals surface area contributed by atoms with Crippen LogP contribution in [0.15, 0.2) is 29.1 Å². The lowest BCUT2D eigenvalue weighted by molar-refractivity contribution is -0.125. The summed E-state index contributed by atoms with van der Waals surface area (Å²) >= 11 is 0.973. The summed E-state index contributed by atoms with van der Waals surface area (Å²) in [5, 5.41) is 2.43. The third-order valence-corrected chi connectivity index (χ3v) is 5.29. The van der Waals surface area contributed by atoms with Crippen LogP contribution in [0.2, 0.25) is 0 Å². The molecule has 8 nitrogen and oxygen atoms in total. The summed E-state index contributed by atoms with van der Waals surface area (Å²) in [4.78, 5) is 48.9. The van der Waals surface area contributed by atoms with E-state index in [1.54, 1.807) is 9.13 Å². The van der Waals surface area contributed by atoms with E-state index in [-0.39, 0.29) is 54.6 Å². The van der Waals surface area contributed by atoms with Gasteiger partial charge in [0.25, 0.3) is 5.24 Å². The first kappa shape index (κ1) is 19.2. The minimum absolute atomic E-state index is 0.115. The molecule has 9 heteroatoms. The van der Waals surface area contributed by atoms with Gasteiger partial charge < -0.3 is 5.32 Å². The maximum absolute atomic E-state index is 12.7. The fourth-order valence-corrected chi connectivity index (χ4v) is 3.89. The molecule has 3 amide bonds. The van der Waals surface area contributed by atoms with Crippen LogP contribution in [0.4, 0.5) is 4.79 Å². The molecule has 1 aromatic carbocycles. The van der Waals surface area contributed by atoms with Crippen molar-refractivity contribution < 1.29 is 14.4 Å². The van der Waals surface area contributed by atoms with Gasteiger partial charge in [0.2, 0.25) is 11.8 Å². The zero-order valence-corrected chi connectivity index (χ0v) is 16.0. The van der Waals surface area contributed by atoms with Gasteiger partial charge in [0.15, 0.2) is 0 Å². The fraction of sp³-hybridized carbons (Fsp3) is 0.444. The first-order chi connectivity index (χ1) is 13.0. The van der Waals surface area contributed by atoms with E-state index < -0.39 is 0 Å². The fourth-order valence-electron chi connectivity index (χ4n) is 3.13. The van der Waals surface area contributed by atoms with Crippen LogP contribution >= 0.6 is 11.8 Å². The van der Waals surface area contributed by atoms with E-state index >= 15 is 0 Å². The lowest BCUT2D eigenvalue weighted by atomic mass is 10.3. The van der Waals surface area contributed by atoms with Crippen molar-refractivity contribution in [3.63, 3.8) is 0 Å². The van der Waals surface area contributed by atoms with Crippen molar-refractivity contribution in [1.82, 2.24) is 19.4 Å². The molecule has 0 aliphatic carbocycles. The standard InChI is InChI=1S/C18H22N4O4S/c1-2-9-20-13-5-3-4-6-14(13)21(17(20)25)10-7-15(23)19-8-11-22-16(24)12-27-18(22)26/h3-6H,2,7-12H2,1H3,(H,19,23). The van der Waals surface area contributed by atoms with Gasteiger partial charge in [0, 0.05) is 32.6 Å². The minimum Gasteiger partial charge on any atom is -0.354 e. The van der Waals surface area contributed by atoms with Gasteiger partial charge >= 0.3 is 5.69 Å². The Hall–Kier alpha value is -2.55. The van der Waals surface area contributed by atoms with E-state index in [4.69, 9.17) is 0 Å². The van der Waals surface area contributed by atoms with Gasteiger partial charge in [0.05, 0.1) is 16.8 Å². The van der Waals surface area contributed by atoms with Gasteiger partial charge in [-0.1, -0.05) is 30.8 Å². The number of imidazole rings is 1. The topological polar surface area (TPSA) is 93.4 Å². The van der Waals surface area contributed by atoms with Gasteiger partial charge in [0.1, 0.15) is 0 Å². The van der Waals surface area contributed by atoms with E-state index in [1.807, 2.05) is 31.2 Å². The summed E-state index contributed by atoms with van der Waals surface area (Å²) in [5.41, 5.74) is 1.57. The molecule has 1 fully saturated rings. The number of nitrogens with zero attached hydrogens (tertiary/aromatic N) is 3. The first-order valence-electron chi connectivity index (χ1n) is 8.94. The summed E-state index contributed by atoms with van der Waals surface area (Å²) in [6.07, 6.45) is 0.997. The Morgan fingerprint density at radius 3 is 2.33 bits per heavy atom. The predicted octanol–water partition coefficient (Wildman–Crippen LogP) is 1.41. The summed E-state index contributed by atoms with van der Waals surface area (Å²) in [5.74, 6) is -0.284. The molecular formula is C18H22N4O4S. The smallest absolute Gasteiger partial charge is 0.329 e. The van der Waals surface area contributed by atoms with E-state index in [9.17, 15) is 19.2 Å². The second-order valence-electron chi connectivity index (χ2n) is 6.27. The molecule has 0 bridgehead atoms. The number of thioether (sulfide) groups is 1. The molecule has 1 aromatic heterocycles. The number of fused-ring (bicyclic) bond motifs is 1. The number of carbonyl (C=O) groups is 3. The number of carbonyl (C=O) groups excluding carboxylic acids is 3. The normalized spacial score (nSPS) is 14.3. The number of amides is 3. The van der Waals surface area contributed by atoms with Crippen LogP contribution < -0.4 is 11.0 Å². The number of aromatic nitrogens is 2. The second-order valence-corrected chi connectivity index (χ2v) is 7.20. The highest BCUT2D eigenvalue weighted by atomic mass is 32.2. The molecule has 144 valence electrons. The maximum atomic E-state index is 12.7. The molecule has 1 aliphatic rings. The van der Waals surface area contributed by atoms with Crippen LogP contribution in [-0.4, -0.2) is 49.9 Å².